The largest absolute Gasteiger partial charge is 0.340 e. The van der Waals surface area contributed by atoms with Gasteiger partial charge < -0.3 is 4.90 Å². The van der Waals surface area contributed by atoms with Crippen LogP contribution < -0.4 is 0 Å². The van der Waals surface area contributed by atoms with Gasteiger partial charge in [0, 0.05) is 31.1 Å². The zero-order valence-corrected chi connectivity index (χ0v) is 19.3. The molecule has 1 aromatic carbocycles. The molecule has 3 aromatic rings. The van der Waals surface area contributed by atoms with Gasteiger partial charge in [0.15, 0.2) is 0 Å². The number of benzene rings is 1. The lowest BCUT2D eigenvalue weighted by Crippen LogP contribution is -2.51. The van der Waals surface area contributed by atoms with Crippen LogP contribution in [0.2, 0.25) is 0 Å². The van der Waals surface area contributed by atoms with Crippen LogP contribution in [0.4, 0.5) is 0 Å². The lowest BCUT2D eigenvalue weighted by Gasteiger charge is -2.34. The molecule has 0 spiro atoms. The number of thiophene rings is 1. The number of aromatic nitrogens is 2. The zero-order valence-electron chi connectivity index (χ0n) is 17.7. The fourth-order valence-corrected chi connectivity index (χ4v) is 6.44. The normalized spacial score (nSPS) is 15.4. The molecule has 0 unspecified atom stereocenters. The predicted molar refractivity (Wildman–Crippen MR) is 121 cm³/mol. The first-order chi connectivity index (χ1) is 14.9. The minimum atomic E-state index is -3.68. The summed E-state index contributed by atoms with van der Waals surface area (Å²) in [5.74, 6) is 0.0440. The van der Waals surface area contributed by atoms with Crippen molar-refractivity contribution in [3.05, 3.63) is 69.7 Å². The molecule has 1 saturated heterocycles. The van der Waals surface area contributed by atoms with Crippen molar-refractivity contribution in [2.24, 2.45) is 0 Å². The van der Waals surface area contributed by atoms with Crippen molar-refractivity contribution in [3.63, 3.8) is 0 Å². The van der Waals surface area contributed by atoms with Crippen LogP contribution in [0.5, 0.6) is 0 Å². The first-order valence-corrected chi connectivity index (χ1v) is 12.6. The lowest BCUT2D eigenvalue weighted by molar-refractivity contribution is -0.131. The number of rotatable bonds is 6. The molecule has 0 saturated carbocycles. The Morgan fingerprint density at radius 3 is 2.39 bits per heavy atom. The van der Waals surface area contributed by atoms with E-state index in [0.717, 1.165) is 10.4 Å². The molecule has 1 fully saturated rings. The minimum Gasteiger partial charge on any atom is -0.340 e. The van der Waals surface area contributed by atoms with Crippen molar-refractivity contribution in [1.82, 2.24) is 19.0 Å². The Morgan fingerprint density at radius 1 is 1.03 bits per heavy atom. The summed E-state index contributed by atoms with van der Waals surface area (Å²) in [6.45, 7) is 5.45. The molecule has 0 aliphatic carbocycles. The standard InChI is InChI=1S/C22H26N4O3S2/c1-17-22(18(2)26(23-17)16-19-7-4-3-5-8-19)31(28,29)25-12-10-24(11-13-25)21(27)15-20-9-6-14-30-20/h3-9,14H,10-13,15-16H2,1-2H3. The number of carbonyl (C=O) groups excluding carboxylic acids is 1. The molecule has 7 nitrogen and oxygen atoms in total. The van der Waals surface area contributed by atoms with E-state index in [1.807, 2.05) is 47.8 Å². The first kappa shape index (κ1) is 21.7. The lowest BCUT2D eigenvalue weighted by atomic mass is 10.2. The van der Waals surface area contributed by atoms with Crippen molar-refractivity contribution in [1.29, 1.82) is 0 Å². The van der Waals surface area contributed by atoms with Crippen LogP contribution in [0, 0.1) is 13.8 Å². The van der Waals surface area contributed by atoms with Gasteiger partial charge >= 0.3 is 0 Å². The van der Waals surface area contributed by atoms with Crippen LogP contribution in [-0.2, 0) is 27.8 Å². The number of piperazine rings is 1. The molecule has 1 amide bonds. The number of hydrogen-bond acceptors (Lipinski definition) is 5. The van der Waals surface area contributed by atoms with E-state index in [0.29, 0.717) is 50.5 Å². The molecule has 9 heteroatoms. The highest BCUT2D eigenvalue weighted by atomic mass is 32.2. The average Bonchev–Trinajstić information content (AvgIpc) is 3.36. The van der Waals surface area contributed by atoms with Gasteiger partial charge in [0.2, 0.25) is 15.9 Å². The zero-order chi connectivity index (χ0) is 22.0. The van der Waals surface area contributed by atoms with E-state index in [1.165, 1.54) is 4.31 Å². The summed E-state index contributed by atoms with van der Waals surface area (Å²) in [6, 6.07) is 13.7. The Balaban J connectivity index is 1.46. The first-order valence-electron chi connectivity index (χ1n) is 10.2. The number of carbonyl (C=O) groups is 1. The Bertz CT molecular complexity index is 1150. The van der Waals surface area contributed by atoms with Gasteiger partial charge in [0.25, 0.3) is 0 Å². The van der Waals surface area contributed by atoms with Gasteiger partial charge in [-0.25, -0.2) is 8.42 Å². The van der Waals surface area contributed by atoms with E-state index < -0.39 is 10.0 Å². The van der Waals surface area contributed by atoms with Crippen LogP contribution in [0.1, 0.15) is 21.8 Å². The molecule has 0 atom stereocenters. The molecular formula is C22H26N4O3S2. The van der Waals surface area contributed by atoms with E-state index in [-0.39, 0.29) is 10.8 Å². The molecule has 3 heterocycles. The summed E-state index contributed by atoms with van der Waals surface area (Å²) in [5.41, 5.74) is 2.21. The van der Waals surface area contributed by atoms with Crippen LogP contribution in [0.3, 0.4) is 0 Å². The fourth-order valence-electron chi connectivity index (χ4n) is 3.95. The van der Waals surface area contributed by atoms with Crippen molar-refractivity contribution in [2.45, 2.75) is 31.7 Å². The third-order valence-corrected chi connectivity index (χ3v) is 8.61. The number of nitrogens with zero attached hydrogens (tertiary/aromatic N) is 4. The smallest absolute Gasteiger partial charge is 0.246 e. The fraction of sp³-hybridized carbons (Fsp3) is 0.364. The van der Waals surface area contributed by atoms with E-state index in [4.69, 9.17) is 0 Å². The molecule has 4 rings (SSSR count). The monoisotopic (exact) mass is 458 g/mol. The van der Waals surface area contributed by atoms with E-state index >= 15 is 0 Å². The summed E-state index contributed by atoms with van der Waals surface area (Å²) in [6.07, 6.45) is 0.370. The number of hydrogen-bond donors (Lipinski definition) is 0. The van der Waals surface area contributed by atoms with Gasteiger partial charge in [0.1, 0.15) is 4.90 Å². The Labute approximate surface area is 187 Å². The number of aryl methyl sites for hydroxylation is 1. The minimum absolute atomic E-state index is 0.0440. The second-order valence-electron chi connectivity index (χ2n) is 7.68. The third-order valence-electron chi connectivity index (χ3n) is 5.59. The van der Waals surface area contributed by atoms with Crippen LogP contribution in [0.25, 0.3) is 0 Å². The van der Waals surface area contributed by atoms with E-state index in [9.17, 15) is 13.2 Å². The molecule has 0 N–H and O–H groups in total. The topological polar surface area (TPSA) is 75.5 Å². The summed E-state index contributed by atoms with van der Waals surface area (Å²) in [5, 5.41) is 6.45. The summed E-state index contributed by atoms with van der Waals surface area (Å²) in [4.78, 5) is 15.6. The Hall–Kier alpha value is -2.49. The Morgan fingerprint density at radius 2 is 1.74 bits per heavy atom. The third kappa shape index (κ3) is 4.58. The van der Waals surface area contributed by atoms with Crippen LogP contribution >= 0.6 is 11.3 Å². The van der Waals surface area contributed by atoms with Gasteiger partial charge in [0.05, 0.1) is 24.4 Å². The molecule has 164 valence electrons. The van der Waals surface area contributed by atoms with Gasteiger partial charge in [-0.1, -0.05) is 36.4 Å². The van der Waals surface area contributed by atoms with Crippen LogP contribution in [-0.4, -0.2) is 59.5 Å². The summed E-state index contributed by atoms with van der Waals surface area (Å²) in [7, 11) is -3.68. The predicted octanol–water partition coefficient (Wildman–Crippen LogP) is 2.69. The number of amides is 1. The maximum Gasteiger partial charge on any atom is 0.246 e. The molecule has 1 aliphatic rings. The summed E-state index contributed by atoms with van der Waals surface area (Å²) >= 11 is 1.56. The highest BCUT2D eigenvalue weighted by Gasteiger charge is 2.34. The number of sulfonamides is 1. The van der Waals surface area contributed by atoms with Gasteiger partial charge in [-0.3, -0.25) is 9.48 Å². The quantitative estimate of drug-likeness (QED) is 0.569. The van der Waals surface area contributed by atoms with E-state index in [2.05, 4.69) is 5.10 Å². The van der Waals surface area contributed by atoms with Gasteiger partial charge in [-0.15, -0.1) is 11.3 Å². The van der Waals surface area contributed by atoms with Crippen LogP contribution in [0.15, 0.2) is 52.7 Å². The molecule has 0 bridgehead atoms. The molecule has 1 aliphatic heterocycles. The highest BCUT2D eigenvalue weighted by molar-refractivity contribution is 7.89. The second kappa shape index (κ2) is 8.94. The second-order valence-corrected chi connectivity index (χ2v) is 10.6. The molecule has 2 aromatic heterocycles. The maximum atomic E-state index is 13.4. The average molecular weight is 459 g/mol. The summed E-state index contributed by atoms with van der Waals surface area (Å²) < 4.78 is 30.0. The van der Waals surface area contributed by atoms with Crippen molar-refractivity contribution in [2.75, 3.05) is 26.2 Å². The van der Waals surface area contributed by atoms with Crippen molar-refractivity contribution < 1.29 is 13.2 Å². The molecular weight excluding hydrogens is 432 g/mol. The maximum absolute atomic E-state index is 13.4. The SMILES string of the molecule is Cc1nn(Cc2ccccc2)c(C)c1S(=O)(=O)N1CCN(C(=O)Cc2cccs2)CC1. The Kier molecular flexibility index (Phi) is 6.27. The van der Waals surface area contributed by atoms with Gasteiger partial charge in [-0.05, 0) is 30.9 Å². The molecule has 0 radical (unpaired) electrons. The van der Waals surface area contributed by atoms with E-state index in [1.54, 1.807) is 34.8 Å². The van der Waals surface area contributed by atoms with Gasteiger partial charge in [-0.2, -0.15) is 9.40 Å². The van der Waals surface area contributed by atoms with Crippen molar-refractivity contribution in [3.8, 4) is 0 Å². The molecule has 31 heavy (non-hydrogen) atoms. The highest BCUT2D eigenvalue weighted by Crippen LogP contribution is 2.25. The van der Waals surface area contributed by atoms with Crippen molar-refractivity contribution >= 4 is 27.3 Å².